The van der Waals surface area contributed by atoms with E-state index in [9.17, 15) is 0 Å². The quantitative estimate of drug-likeness (QED) is 0.334. The van der Waals surface area contributed by atoms with Crippen LogP contribution in [0.15, 0.2) is 40.6 Å². The Hall–Kier alpha value is -1.84. The number of nitrogens with zero attached hydrogens (tertiary/aromatic N) is 1. The van der Waals surface area contributed by atoms with Crippen LogP contribution in [0.3, 0.4) is 0 Å². The topological polar surface area (TPSA) is 57.5 Å². The van der Waals surface area contributed by atoms with Crippen molar-refractivity contribution in [1.29, 1.82) is 5.41 Å². The number of aliphatic imine (C=N–C) groups is 1. The average molecular weight is 261 g/mol. The fourth-order valence-electron chi connectivity index (χ4n) is 1.96. The predicted molar refractivity (Wildman–Crippen MR) is 80.6 cm³/mol. The number of methoxy groups -OCH3 is 1. The van der Waals surface area contributed by atoms with Crippen LogP contribution in [0, 0.1) is 11.3 Å². The van der Waals surface area contributed by atoms with Gasteiger partial charge in [-0.2, -0.15) is 0 Å². The van der Waals surface area contributed by atoms with Crippen LogP contribution in [0.1, 0.15) is 26.7 Å². The van der Waals surface area contributed by atoms with Crippen molar-refractivity contribution in [2.45, 2.75) is 26.7 Å². The Morgan fingerprint density at radius 3 is 3.00 bits per heavy atom. The van der Waals surface area contributed by atoms with E-state index < -0.39 is 0 Å². The number of amidine groups is 1. The first kappa shape index (κ1) is 15.2. The molecule has 1 rings (SSSR count). The van der Waals surface area contributed by atoms with E-state index in [4.69, 9.17) is 10.1 Å². The molecule has 0 aromatic carbocycles. The van der Waals surface area contributed by atoms with Crippen LogP contribution >= 0.6 is 0 Å². The van der Waals surface area contributed by atoms with Gasteiger partial charge in [-0.1, -0.05) is 31.2 Å². The number of ether oxygens (including phenoxy) is 1. The van der Waals surface area contributed by atoms with E-state index in [-0.39, 0.29) is 11.8 Å². The van der Waals surface area contributed by atoms with Crippen molar-refractivity contribution in [2.24, 2.45) is 10.9 Å². The van der Waals surface area contributed by atoms with Crippen LogP contribution in [0.25, 0.3) is 0 Å². The van der Waals surface area contributed by atoms with Crippen LogP contribution < -0.4 is 5.32 Å². The summed E-state index contributed by atoms with van der Waals surface area (Å²) < 4.78 is 5.46. The van der Waals surface area contributed by atoms with Crippen molar-refractivity contribution >= 4 is 12.2 Å². The van der Waals surface area contributed by atoms with Gasteiger partial charge in [-0.05, 0) is 19.8 Å². The van der Waals surface area contributed by atoms with Crippen LogP contribution in [-0.4, -0.2) is 25.8 Å². The fraction of sp³-hybridized carbons (Fsp3) is 0.467. The van der Waals surface area contributed by atoms with E-state index in [1.807, 2.05) is 19.1 Å². The molecule has 0 radical (unpaired) electrons. The molecular formula is C15H23N3O. The molecule has 2 N–H and O–H groups in total. The van der Waals surface area contributed by atoms with Crippen molar-refractivity contribution in [3.63, 3.8) is 0 Å². The summed E-state index contributed by atoms with van der Waals surface area (Å²) in [5.74, 6) is 1.14. The molecule has 1 aliphatic rings. The summed E-state index contributed by atoms with van der Waals surface area (Å²) in [5, 5.41) is 11.1. The van der Waals surface area contributed by atoms with E-state index in [2.05, 4.69) is 23.8 Å². The highest BCUT2D eigenvalue weighted by Gasteiger charge is 2.23. The zero-order valence-electron chi connectivity index (χ0n) is 12.0. The minimum absolute atomic E-state index is 0.143. The lowest BCUT2D eigenvalue weighted by molar-refractivity contribution is 0.249. The van der Waals surface area contributed by atoms with Crippen molar-refractivity contribution in [2.75, 3.05) is 13.7 Å². The SMILES string of the molecule is C=C(C)C1CC=CC(C(=N)/N=C\NCCC)=C1OC. The summed E-state index contributed by atoms with van der Waals surface area (Å²) in [6.45, 7) is 8.91. The standard InChI is InChI=1S/C15H23N3O/c1-5-9-17-10-18-15(16)13-8-6-7-12(11(2)3)14(13)19-4/h6,8,10,12H,2,5,7,9H2,1,3-4H3,(H2,16,17,18). The lowest BCUT2D eigenvalue weighted by atomic mass is 9.88. The molecule has 0 saturated carbocycles. The Bertz CT molecular complexity index is 433. The molecule has 4 heteroatoms. The summed E-state index contributed by atoms with van der Waals surface area (Å²) in [6.07, 6.45) is 7.42. The van der Waals surface area contributed by atoms with Crippen LogP contribution in [-0.2, 0) is 4.74 Å². The minimum Gasteiger partial charge on any atom is -0.500 e. The number of nitrogens with one attached hydrogen (secondary N) is 2. The highest BCUT2D eigenvalue weighted by molar-refractivity contribution is 6.03. The molecule has 1 atom stereocenters. The Kier molecular flexibility index (Phi) is 6.06. The lowest BCUT2D eigenvalue weighted by Gasteiger charge is -2.23. The zero-order valence-corrected chi connectivity index (χ0v) is 12.0. The summed E-state index contributed by atoms with van der Waals surface area (Å²) in [4.78, 5) is 4.11. The molecule has 0 heterocycles. The molecule has 0 aromatic rings. The maximum atomic E-state index is 8.03. The van der Waals surface area contributed by atoms with Crippen LogP contribution in [0.5, 0.6) is 0 Å². The fourth-order valence-corrected chi connectivity index (χ4v) is 1.96. The second-order valence-corrected chi connectivity index (χ2v) is 4.58. The zero-order chi connectivity index (χ0) is 14.3. The smallest absolute Gasteiger partial charge is 0.156 e. The Balaban J connectivity index is 2.88. The Morgan fingerprint density at radius 2 is 2.42 bits per heavy atom. The van der Waals surface area contributed by atoms with E-state index in [0.29, 0.717) is 0 Å². The van der Waals surface area contributed by atoms with Crippen LogP contribution in [0.2, 0.25) is 0 Å². The summed E-state index contributed by atoms with van der Waals surface area (Å²) in [6, 6.07) is 0. The summed E-state index contributed by atoms with van der Waals surface area (Å²) in [5.41, 5.74) is 1.77. The van der Waals surface area contributed by atoms with Gasteiger partial charge in [0, 0.05) is 12.5 Å². The monoisotopic (exact) mass is 261 g/mol. The highest BCUT2D eigenvalue weighted by Crippen LogP contribution is 2.31. The third-order valence-electron chi connectivity index (χ3n) is 2.99. The Labute approximate surface area is 115 Å². The van der Waals surface area contributed by atoms with Gasteiger partial charge in [0.1, 0.15) is 5.76 Å². The van der Waals surface area contributed by atoms with E-state index in [0.717, 1.165) is 36.3 Å². The average Bonchev–Trinajstić information content (AvgIpc) is 2.42. The van der Waals surface area contributed by atoms with Crippen molar-refractivity contribution in [1.82, 2.24) is 5.32 Å². The van der Waals surface area contributed by atoms with Gasteiger partial charge in [-0.3, -0.25) is 5.41 Å². The van der Waals surface area contributed by atoms with Gasteiger partial charge in [0.2, 0.25) is 0 Å². The largest absolute Gasteiger partial charge is 0.500 e. The number of hydrogen-bond acceptors (Lipinski definition) is 2. The Morgan fingerprint density at radius 1 is 1.68 bits per heavy atom. The molecule has 0 spiro atoms. The van der Waals surface area contributed by atoms with Gasteiger partial charge < -0.3 is 10.1 Å². The minimum atomic E-state index is 0.143. The first-order chi connectivity index (χ1) is 9.11. The van der Waals surface area contributed by atoms with Crippen LogP contribution in [0.4, 0.5) is 0 Å². The second-order valence-electron chi connectivity index (χ2n) is 4.58. The first-order valence-corrected chi connectivity index (χ1v) is 6.56. The third-order valence-corrected chi connectivity index (χ3v) is 2.99. The number of hydrogen-bond donors (Lipinski definition) is 2. The summed E-state index contributed by atoms with van der Waals surface area (Å²) in [7, 11) is 1.64. The van der Waals surface area contributed by atoms with Gasteiger partial charge in [-0.15, -0.1) is 0 Å². The van der Waals surface area contributed by atoms with Crippen molar-refractivity contribution in [3.8, 4) is 0 Å². The van der Waals surface area contributed by atoms with Crippen molar-refractivity contribution in [3.05, 3.63) is 35.6 Å². The normalized spacial score (nSPS) is 18.8. The highest BCUT2D eigenvalue weighted by atomic mass is 16.5. The molecule has 19 heavy (non-hydrogen) atoms. The van der Waals surface area contributed by atoms with Gasteiger partial charge >= 0.3 is 0 Å². The van der Waals surface area contributed by atoms with Gasteiger partial charge in [0.15, 0.2) is 5.84 Å². The van der Waals surface area contributed by atoms with E-state index in [1.54, 1.807) is 13.4 Å². The second kappa shape index (κ2) is 7.56. The lowest BCUT2D eigenvalue weighted by Crippen LogP contribution is -2.17. The molecule has 0 aliphatic heterocycles. The van der Waals surface area contributed by atoms with E-state index >= 15 is 0 Å². The molecule has 0 fully saturated rings. The molecule has 1 unspecified atom stereocenters. The molecule has 1 aliphatic carbocycles. The molecule has 4 nitrogen and oxygen atoms in total. The molecule has 0 aromatic heterocycles. The van der Waals surface area contributed by atoms with Gasteiger partial charge in [-0.25, -0.2) is 4.99 Å². The maximum absolute atomic E-state index is 8.03. The van der Waals surface area contributed by atoms with E-state index in [1.165, 1.54) is 0 Å². The maximum Gasteiger partial charge on any atom is 0.156 e. The number of rotatable bonds is 6. The molecular weight excluding hydrogens is 238 g/mol. The predicted octanol–water partition coefficient (Wildman–Crippen LogP) is 3.04. The molecule has 0 bridgehead atoms. The number of allylic oxidation sites excluding steroid dienone is 2. The van der Waals surface area contributed by atoms with Gasteiger partial charge in [0.25, 0.3) is 0 Å². The molecule has 0 saturated heterocycles. The van der Waals surface area contributed by atoms with Gasteiger partial charge in [0.05, 0.1) is 19.0 Å². The summed E-state index contributed by atoms with van der Waals surface area (Å²) >= 11 is 0. The first-order valence-electron chi connectivity index (χ1n) is 6.56. The van der Waals surface area contributed by atoms with Crippen molar-refractivity contribution < 1.29 is 4.74 Å². The molecule has 104 valence electrons. The molecule has 0 amide bonds. The third kappa shape index (κ3) is 4.09.